The van der Waals surface area contributed by atoms with Crippen LogP contribution in [0.15, 0.2) is 64.2 Å². The Labute approximate surface area is 168 Å². The number of halogens is 1. The monoisotopic (exact) mass is 451 g/mol. The van der Waals surface area contributed by atoms with Gasteiger partial charge in [-0.3, -0.25) is 9.10 Å². The first-order valence-electron chi connectivity index (χ1n) is 8.35. The van der Waals surface area contributed by atoms with Crippen molar-refractivity contribution in [1.82, 2.24) is 5.43 Å². The molecule has 0 aromatic heterocycles. The van der Waals surface area contributed by atoms with Gasteiger partial charge in [-0.15, -0.1) is 0 Å². The van der Waals surface area contributed by atoms with E-state index in [4.69, 9.17) is 0 Å². The van der Waals surface area contributed by atoms with Crippen LogP contribution in [0.4, 0.5) is 5.69 Å². The molecule has 0 fully saturated rings. The highest BCUT2D eigenvalue weighted by atomic mass is 79.9. The molecule has 0 saturated heterocycles. The fourth-order valence-corrected chi connectivity index (χ4v) is 3.62. The minimum absolute atomic E-state index is 0.343. The van der Waals surface area contributed by atoms with E-state index in [1.54, 1.807) is 24.3 Å². The molecular weight excluding hydrogens is 430 g/mol. The number of benzene rings is 2. The lowest BCUT2D eigenvalue weighted by Gasteiger charge is -2.21. The average Bonchev–Trinajstić information content (AvgIpc) is 2.62. The molecule has 1 N–H and O–H groups in total. The predicted octanol–water partition coefficient (Wildman–Crippen LogP) is 3.34. The summed E-state index contributed by atoms with van der Waals surface area (Å²) in [5.41, 5.74) is 4.80. The Morgan fingerprint density at radius 2 is 1.85 bits per heavy atom. The fourth-order valence-electron chi connectivity index (χ4n) is 2.38. The molecule has 27 heavy (non-hydrogen) atoms. The molecule has 2 aromatic rings. The van der Waals surface area contributed by atoms with Crippen LogP contribution < -0.4 is 9.73 Å². The van der Waals surface area contributed by atoms with Crippen molar-refractivity contribution in [3.63, 3.8) is 0 Å². The number of carbonyl (C=O) groups excluding carboxylic acids is 1. The summed E-state index contributed by atoms with van der Waals surface area (Å²) in [6, 6.07) is 16.8. The van der Waals surface area contributed by atoms with E-state index in [1.807, 2.05) is 37.3 Å². The maximum absolute atomic E-state index is 12.2. The van der Waals surface area contributed by atoms with Crippen LogP contribution in [0.3, 0.4) is 0 Å². The number of anilines is 1. The van der Waals surface area contributed by atoms with Crippen LogP contribution in [0, 0.1) is 0 Å². The van der Waals surface area contributed by atoms with Crippen LogP contribution in [0.5, 0.6) is 0 Å². The number of hydrogen-bond donors (Lipinski definition) is 1. The number of carbonyl (C=O) groups is 1. The van der Waals surface area contributed by atoms with Crippen LogP contribution in [0.1, 0.15) is 18.9 Å². The van der Waals surface area contributed by atoms with Crippen molar-refractivity contribution in [2.45, 2.75) is 19.8 Å². The zero-order chi connectivity index (χ0) is 19.9. The van der Waals surface area contributed by atoms with Crippen LogP contribution in [-0.2, 0) is 21.2 Å². The lowest BCUT2D eigenvalue weighted by molar-refractivity contribution is -0.119. The largest absolute Gasteiger partial charge is 0.271 e. The fraction of sp³-hybridized carbons (Fsp3) is 0.263. The van der Waals surface area contributed by atoms with Gasteiger partial charge < -0.3 is 0 Å². The normalized spacial score (nSPS) is 11.9. The van der Waals surface area contributed by atoms with Gasteiger partial charge in [0, 0.05) is 10.2 Å². The van der Waals surface area contributed by atoms with Crippen molar-refractivity contribution in [1.29, 1.82) is 0 Å². The van der Waals surface area contributed by atoms with Crippen molar-refractivity contribution >= 4 is 43.3 Å². The van der Waals surface area contributed by atoms with Gasteiger partial charge >= 0.3 is 0 Å². The number of nitrogens with zero attached hydrogens (tertiary/aromatic N) is 2. The van der Waals surface area contributed by atoms with Gasteiger partial charge in [-0.1, -0.05) is 52.3 Å². The molecule has 0 heterocycles. The number of hydrazone groups is 1. The third-order valence-corrected chi connectivity index (χ3v) is 5.41. The molecule has 0 aliphatic heterocycles. The molecule has 0 aliphatic rings. The van der Waals surface area contributed by atoms with Gasteiger partial charge in [0.05, 0.1) is 11.9 Å². The van der Waals surface area contributed by atoms with Crippen molar-refractivity contribution < 1.29 is 13.2 Å². The standard InChI is InChI=1S/C19H22BrN3O3S/c1-15(11-12-16-7-4-3-5-8-16)21-22-19(24)14-23(27(2,25)26)18-10-6-9-17(20)13-18/h3-10,13H,11-12,14H2,1-2H3,(H,22,24)/b21-15-. The number of hydrogen-bond acceptors (Lipinski definition) is 4. The second-order valence-electron chi connectivity index (χ2n) is 6.12. The van der Waals surface area contributed by atoms with E-state index in [-0.39, 0.29) is 6.54 Å². The van der Waals surface area contributed by atoms with Crippen LogP contribution in [0.2, 0.25) is 0 Å². The lowest BCUT2D eigenvalue weighted by Crippen LogP contribution is -2.39. The summed E-state index contributed by atoms with van der Waals surface area (Å²) in [5, 5.41) is 4.07. The molecule has 2 aromatic carbocycles. The first-order valence-corrected chi connectivity index (χ1v) is 11.0. The van der Waals surface area contributed by atoms with Crippen LogP contribution in [0.25, 0.3) is 0 Å². The Morgan fingerprint density at radius 3 is 2.48 bits per heavy atom. The van der Waals surface area contributed by atoms with E-state index < -0.39 is 15.9 Å². The zero-order valence-electron chi connectivity index (χ0n) is 15.2. The molecule has 8 heteroatoms. The van der Waals surface area contributed by atoms with Gasteiger partial charge in [0.25, 0.3) is 5.91 Å². The van der Waals surface area contributed by atoms with E-state index in [0.717, 1.165) is 27.2 Å². The quantitative estimate of drug-likeness (QED) is 0.493. The Kier molecular flexibility index (Phi) is 7.55. The molecular formula is C19H22BrN3O3S. The molecule has 2 rings (SSSR count). The minimum Gasteiger partial charge on any atom is -0.271 e. The molecule has 0 unspecified atom stereocenters. The first kappa shape index (κ1) is 21.1. The number of nitrogens with one attached hydrogen (secondary N) is 1. The molecule has 6 nitrogen and oxygen atoms in total. The third-order valence-electron chi connectivity index (χ3n) is 3.77. The number of amides is 1. The summed E-state index contributed by atoms with van der Waals surface area (Å²) in [6.07, 6.45) is 2.58. The minimum atomic E-state index is -3.61. The summed E-state index contributed by atoms with van der Waals surface area (Å²) < 4.78 is 25.9. The molecule has 144 valence electrons. The Morgan fingerprint density at radius 1 is 1.15 bits per heavy atom. The topological polar surface area (TPSA) is 78.8 Å². The van der Waals surface area contributed by atoms with Gasteiger partial charge in [-0.25, -0.2) is 13.8 Å². The Balaban J connectivity index is 1.97. The predicted molar refractivity (Wildman–Crippen MR) is 112 cm³/mol. The summed E-state index contributed by atoms with van der Waals surface area (Å²) in [7, 11) is -3.61. The van der Waals surface area contributed by atoms with Crippen molar-refractivity contribution in [3.8, 4) is 0 Å². The SMILES string of the molecule is C/C(CCc1ccccc1)=N/NC(=O)CN(c1cccc(Br)c1)S(C)(=O)=O. The summed E-state index contributed by atoms with van der Waals surface area (Å²) in [4.78, 5) is 12.2. The molecule has 0 spiro atoms. The number of rotatable bonds is 8. The molecule has 0 radical (unpaired) electrons. The summed E-state index contributed by atoms with van der Waals surface area (Å²) in [5.74, 6) is -0.500. The Bertz CT molecular complexity index is 915. The molecule has 1 amide bonds. The maximum Gasteiger partial charge on any atom is 0.260 e. The first-order chi connectivity index (χ1) is 12.8. The summed E-state index contributed by atoms with van der Waals surface area (Å²) >= 11 is 3.31. The van der Waals surface area contributed by atoms with E-state index in [0.29, 0.717) is 12.1 Å². The van der Waals surface area contributed by atoms with Crippen molar-refractivity contribution in [2.24, 2.45) is 5.10 Å². The van der Waals surface area contributed by atoms with Crippen LogP contribution >= 0.6 is 15.9 Å². The Hall–Kier alpha value is -2.19. The number of aryl methyl sites for hydroxylation is 1. The highest BCUT2D eigenvalue weighted by Crippen LogP contribution is 2.21. The number of sulfonamides is 1. The smallest absolute Gasteiger partial charge is 0.260 e. The van der Waals surface area contributed by atoms with Gasteiger partial charge in [0.1, 0.15) is 6.54 Å². The molecule has 0 aliphatic carbocycles. The van der Waals surface area contributed by atoms with Crippen LogP contribution in [-0.4, -0.2) is 32.8 Å². The van der Waals surface area contributed by atoms with Gasteiger partial charge in [0.2, 0.25) is 10.0 Å². The van der Waals surface area contributed by atoms with E-state index in [2.05, 4.69) is 26.5 Å². The van der Waals surface area contributed by atoms with Gasteiger partial charge in [-0.05, 0) is 43.5 Å². The summed E-state index contributed by atoms with van der Waals surface area (Å²) in [6.45, 7) is 1.48. The van der Waals surface area contributed by atoms with Crippen molar-refractivity contribution in [3.05, 3.63) is 64.6 Å². The van der Waals surface area contributed by atoms with Crippen molar-refractivity contribution in [2.75, 3.05) is 17.1 Å². The maximum atomic E-state index is 12.2. The second kappa shape index (κ2) is 9.66. The van der Waals surface area contributed by atoms with Gasteiger partial charge in [-0.2, -0.15) is 5.10 Å². The van der Waals surface area contributed by atoms with Gasteiger partial charge in [0.15, 0.2) is 0 Å². The lowest BCUT2D eigenvalue weighted by atomic mass is 10.1. The second-order valence-corrected chi connectivity index (χ2v) is 8.94. The average molecular weight is 452 g/mol. The van der Waals surface area contributed by atoms with E-state index >= 15 is 0 Å². The highest BCUT2D eigenvalue weighted by Gasteiger charge is 2.20. The highest BCUT2D eigenvalue weighted by molar-refractivity contribution is 9.10. The van der Waals surface area contributed by atoms with E-state index in [1.165, 1.54) is 5.56 Å². The molecule has 0 atom stereocenters. The third kappa shape index (κ3) is 7.15. The van der Waals surface area contributed by atoms with E-state index in [9.17, 15) is 13.2 Å². The zero-order valence-corrected chi connectivity index (χ0v) is 17.6. The molecule has 0 saturated carbocycles. The molecule has 0 bridgehead atoms.